The van der Waals surface area contributed by atoms with Gasteiger partial charge in [0.1, 0.15) is 11.4 Å². The molecule has 0 aliphatic heterocycles. The Labute approximate surface area is 104 Å². The lowest BCUT2D eigenvalue weighted by Crippen LogP contribution is -2.36. The maximum absolute atomic E-state index is 6.16. The van der Waals surface area contributed by atoms with Crippen molar-refractivity contribution in [3.05, 3.63) is 36.4 Å². The molecule has 1 aliphatic carbocycles. The van der Waals surface area contributed by atoms with Crippen LogP contribution in [0.5, 0.6) is 5.75 Å². The van der Waals surface area contributed by atoms with Gasteiger partial charge in [-0.05, 0) is 56.2 Å². The van der Waals surface area contributed by atoms with Crippen LogP contribution >= 0.6 is 0 Å². The summed E-state index contributed by atoms with van der Waals surface area (Å²) >= 11 is 0. The Bertz CT molecular complexity index is 369. The quantitative estimate of drug-likeness (QED) is 0.732. The molecule has 1 aliphatic rings. The van der Waals surface area contributed by atoms with Crippen molar-refractivity contribution < 1.29 is 4.74 Å². The van der Waals surface area contributed by atoms with Crippen LogP contribution in [0.3, 0.4) is 0 Å². The predicted molar refractivity (Wildman–Crippen MR) is 73.2 cm³/mol. The first-order valence-electron chi connectivity index (χ1n) is 6.53. The summed E-state index contributed by atoms with van der Waals surface area (Å²) < 4.78 is 6.16. The standard InChI is InChI=1S/C16H22O/c1-4-14-5-7-15(8-6-14)17-16(3)11-9-13(2)10-12-16/h4-8,13H,1,9-12H2,2-3H3. The highest BCUT2D eigenvalue weighted by Crippen LogP contribution is 2.35. The third-order valence-corrected chi connectivity index (χ3v) is 3.81. The molecule has 0 N–H and O–H groups in total. The first kappa shape index (κ1) is 12.2. The molecule has 1 saturated carbocycles. The van der Waals surface area contributed by atoms with Crippen LogP contribution in [-0.4, -0.2) is 5.60 Å². The van der Waals surface area contributed by atoms with E-state index in [1.807, 2.05) is 18.2 Å². The van der Waals surface area contributed by atoms with Crippen molar-refractivity contribution in [2.75, 3.05) is 0 Å². The van der Waals surface area contributed by atoms with Gasteiger partial charge in [0, 0.05) is 0 Å². The molecule has 0 spiro atoms. The zero-order valence-corrected chi connectivity index (χ0v) is 10.9. The fraction of sp³-hybridized carbons (Fsp3) is 0.500. The van der Waals surface area contributed by atoms with Crippen LogP contribution in [0.1, 0.15) is 45.1 Å². The zero-order valence-electron chi connectivity index (χ0n) is 10.9. The smallest absolute Gasteiger partial charge is 0.120 e. The second-order valence-corrected chi connectivity index (χ2v) is 5.51. The third kappa shape index (κ3) is 3.12. The largest absolute Gasteiger partial charge is 0.488 e. The molecule has 0 radical (unpaired) electrons. The molecule has 92 valence electrons. The van der Waals surface area contributed by atoms with E-state index >= 15 is 0 Å². The van der Waals surface area contributed by atoms with E-state index in [-0.39, 0.29) is 5.60 Å². The van der Waals surface area contributed by atoms with Gasteiger partial charge in [0.05, 0.1) is 0 Å². The van der Waals surface area contributed by atoms with Crippen molar-refractivity contribution in [3.63, 3.8) is 0 Å². The number of hydrogen-bond donors (Lipinski definition) is 0. The van der Waals surface area contributed by atoms with Crippen LogP contribution < -0.4 is 4.74 Å². The molecule has 1 nitrogen and oxygen atoms in total. The summed E-state index contributed by atoms with van der Waals surface area (Å²) in [6.07, 6.45) is 6.74. The van der Waals surface area contributed by atoms with Gasteiger partial charge >= 0.3 is 0 Å². The summed E-state index contributed by atoms with van der Waals surface area (Å²) in [5.41, 5.74) is 1.17. The first-order valence-corrected chi connectivity index (χ1v) is 6.53. The number of hydrogen-bond acceptors (Lipinski definition) is 1. The molecule has 17 heavy (non-hydrogen) atoms. The van der Waals surface area contributed by atoms with E-state index in [1.54, 1.807) is 0 Å². The summed E-state index contributed by atoms with van der Waals surface area (Å²) in [6.45, 7) is 8.33. The van der Waals surface area contributed by atoms with E-state index in [9.17, 15) is 0 Å². The van der Waals surface area contributed by atoms with E-state index in [2.05, 4.69) is 32.6 Å². The fourth-order valence-electron chi connectivity index (χ4n) is 2.43. The molecule has 1 aromatic carbocycles. The molecule has 0 saturated heterocycles. The Morgan fingerprint density at radius 1 is 1.24 bits per heavy atom. The van der Waals surface area contributed by atoms with Gasteiger partial charge in [0.15, 0.2) is 0 Å². The van der Waals surface area contributed by atoms with Crippen LogP contribution in [-0.2, 0) is 0 Å². The van der Waals surface area contributed by atoms with Gasteiger partial charge in [0.2, 0.25) is 0 Å². The Morgan fingerprint density at radius 2 is 1.82 bits per heavy atom. The first-order chi connectivity index (χ1) is 8.11. The van der Waals surface area contributed by atoms with Crippen molar-refractivity contribution in [2.24, 2.45) is 5.92 Å². The summed E-state index contributed by atoms with van der Waals surface area (Å²) in [7, 11) is 0. The van der Waals surface area contributed by atoms with Gasteiger partial charge < -0.3 is 4.74 Å². The second-order valence-electron chi connectivity index (χ2n) is 5.51. The molecular formula is C16H22O. The van der Waals surface area contributed by atoms with Gasteiger partial charge in [-0.1, -0.05) is 31.7 Å². The molecule has 1 fully saturated rings. The lowest BCUT2D eigenvalue weighted by Gasteiger charge is -2.36. The highest BCUT2D eigenvalue weighted by Gasteiger charge is 2.31. The normalized spacial score (nSPS) is 28.7. The molecule has 0 aromatic heterocycles. The van der Waals surface area contributed by atoms with Gasteiger partial charge in [-0.25, -0.2) is 0 Å². The van der Waals surface area contributed by atoms with E-state index in [4.69, 9.17) is 4.74 Å². The summed E-state index contributed by atoms with van der Waals surface area (Å²) in [5, 5.41) is 0. The minimum absolute atomic E-state index is 0.0300. The van der Waals surface area contributed by atoms with Crippen molar-refractivity contribution in [2.45, 2.75) is 45.1 Å². The van der Waals surface area contributed by atoms with Gasteiger partial charge in [-0.3, -0.25) is 0 Å². The average molecular weight is 230 g/mol. The Hall–Kier alpha value is -1.24. The predicted octanol–water partition coefficient (Wildman–Crippen LogP) is 4.68. The molecule has 0 heterocycles. The molecular weight excluding hydrogens is 208 g/mol. The third-order valence-electron chi connectivity index (χ3n) is 3.81. The van der Waals surface area contributed by atoms with Crippen LogP contribution in [0.2, 0.25) is 0 Å². The average Bonchev–Trinajstić information content (AvgIpc) is 2.34. The van der Waals surface area contributed by atoms with Crippen molar-refractivity contribution in [1.29, 1.82) is 0 Å². The Morgan fingerprint density at radius 3 is 2.35 bits per heavy atom. The number of ether oxygens (including phenoxy) is 1. The fourth-order valence-corrected chi connectivity index (χ4v) is 2.43. The van der Waals surface area contributed by atoms with Gasteiger partial charge in [0.25, 0.3) is 0 Å². The Kier molecular flexibility index (Phi) is 3.56. The Balaban J connectivity index is 2.01. The van der Waals surface area contributed by atoms with Crippen LogP contribution in [0, 0.1) is 5.92 Å². The zero-order chi connectivity index (χ0) is 12.3. The lowest BCUT2D eigenvalue weighted by atomic mass is 9.80. The molecule has 0 unspecified atom stereocenters. The van der Waals surface area contributed by atoms with Crippen molar-refractivity contribution >= 4 is 6.08 Å². The van der Waals surface area contributed by atoms with E-state index < -0.39 is 0 Å². The number of rotatable bonds is 3. The maximum atomic E-state index is 6.16. The minimum atomic E-state index is 0.0300. The molecule has 0 amide bonds. The second kappa shape index (κ2) is 4.95. The monoisotopic (exact) mass is 230 g/mol. The van der Waals surface area contributed by atoms with E-state index in [0.717, 1.165) is 30.1 Å². The molecule has 2 rings (SSSR count). The van der Waals surface area contributed by atoms with Crippen LogP contribution in [0.15, 0.2) is 30.8 Å². The van der Waals surface area contributed by atoms with Crippen LogP contribution in [0.4, 0.5) is 0 Å². The van der Waals surface area contributed by atoms with Crippen molar-refractivity contribution in [3.8, 4) is 5.75 Å². The molecule has 0 atom stereocenters. The SMILES string of the molecule is C=Cc1ccc(OC2(C)CCC(C)CC2)cc1. The van der Waals surface area contributed by atoms with E-state index in [1.165, 1.54) is 12.8 Å². The molecule has 1 aromatic rings. The summed E-state index contributed by atoms with van der Waals surface area (Å²) in [6, 6.07) is 8.19. The maximum Gasteiger partial charge on any atom is 0.120 e. The highest BCUT2D eigenvalue weighted by molar-refractivity contribution is 5.48. The minimum Gasteiger partial charge on any atom is -0.488 e. The van der Waals surface area contributed by atoms with Crippen LogP contribution in [0.25, 0.3) is 6.08 Å². The highest BCUT2D eigenvalue weighted by atomic mass is 16.5. The molecule has 0 bridgehead atoms. The summed E-state index contributed by atoms with van der Waals surface area (Å²) in [5.74, 6) is 1.84. The van der Waals surface area contributed by atoms with Crippen molar-refractivity contribution in [1.82, 2.24) is 0 Å². The van der Waals surface area contributed by atoms with E-state index in [0.29, 0.717) is 0 Å². The van der Waals surface area contributed by atoms with Gasteiger partial charge in [-0.15, -0.1) is 0 Å². The molecule has 1 heteroatoms. The summed E-state index contributed by atoms with van der Waals surface area (Å²) in [4.78, 5) is 0. The lowest BCUT2D eigenvalue weighted by molar-refractivity contribution is 0.0353. The number of benzene rings is 1. The van der Waals surface area contributed by atoms with Gasteiger partial charge in [-0.2, -0.15) is 0 Å². The topological polar surface area (TPSA) is 9.23 Å².